The van der Waals surface area contributed by atoms with Crippen molar-refractivity contribution in [1.82, 2.24) is 25.1 Å². The van der Waals surface area contributed by atoms with E-state index in [1.54, 1.807) is 30.5 Å². The number of carbonyl (C=O) groups is 1. The zero-order valence-corrected chi connectivity index (χ0v) is 19.8. The van der Waals surface area contributed by atoms with Crippen LogP contribution < -0.4 is 10.2 Å². The standard InChI is InChI=1S/C26H26FN7O2/c1-3-18(35)12-16-4-6-21(27)19(13-16)24-20-15-28-32-25(20)31-26(30-24)29-17-5-7-23(36)22(14-17)34-10-8-33(2)9-11-34/h3-7,13-15,36H,1,8-12H2,2H3,(H2,28,29,30,31,32). The summed E-state index contributed by atoms with van der Waals surface area (Å²) in [4.78, 5) is 25.3. The van der Waals surface area contributed by atoms with Crippen LogP contribution in [-0.4, -0.2) is 69.2 Å². The molecule has 0 unspecified atom stereocenters. The van der Waals surface area contributed by atoms with Crippen molar-refractivity contribution in [2.24, 2.45) is 0 Å². The van der Waals surface area contributed by atoms with E-state index in [0.717, 1.165) is 31.9 Å². The van der Waals surface area contributed by atoms with Crippen LogP contribution >= 0.6 is 0 Å². The number of benzene rings is 2. The van der Waals surface area contributed by atoms with Gasteiger partial charge in [0.05, 0.1) is 23.0 Å². The van der Waals surface area contributed by atoms with Crippen molar-refractivity contribution in [2.75, 3.05) is 43.4 Å². The summed E-state index contributed by atoms with van der Waals surface area (Å²) in [6.07, 6.45) is 2.91. The van der Waals surface area contributed by atoms with Crippen molar-refractivity contribution in [3.8, 4) is 17.0 Å². The van der Waals surface area contributed by atoms with Crippen molar-refractivity contribution in [3.05, 3.63) is 66.6 Å². The minimum absolute atomic E-state index is 0.115. The molecule has 1 aliphatic heterocycles. The average molecular weight is 488 g/mol. The Morgan fingerprint density at radius 1 is 1.19 bits per heavy atom. The van der Waals surface area contributed by atoms with E-state index >= 15 is 0 Å². The van der Waals surface area contributed by atoms with E-state index in [9.17, 15) is 14.3 Å². The van der Waals surface area contributed by atoms with E-state index in [4.69, 9.17) is 0 Å². The van der Waals surface area contributed by atoms with Crippen molar-refractivity contribution in [1.29, 1.82) is 0 Å². The molecular weight excluding hydrogens is 461 g/mol. The molecule has 2 aromatic carbocycles. The van der Waals surface area contributed by atoms with E-state index in [-0.39, 0.29) is 29.5 Å². The summed E-state index contributed by atoms with van der Waals surface area (Å²) in [6.45, 7) is 6.92. The van der Waals surface area contributed by atoms with Gasteiger partial charge in [-0.2, -0.15) is 10.1 Å². The molecule has 0 saturated carbocycles. The van der Waals surface area contributed by atoms with Gasteiger partial charge in [0.1, 0.15) is 11.6 Å². The Bertz CT molecular complexity index is 1440. The monoisotopic (exact) mass is 487 g/mol. The summed E-state index contributed by atoms with van der Waals surface area (Å²) in [6, 6.07) is 9.72. The number of hydrogen-bond donors (Lipinski definition) is 3. The van der Waals surface area contributed by atoms with Gasteiger partial charge >= 0.3 is 0 Å². The summed E-state index contributed by atoms with van der Waals surface area (Å²) in [5, 5.41) is 21.1. The number of fused-ring (bicyclic) bond motifs is 1. The predicted molar refractivity (Wildman–Crippen MR) is 137 cm³/mol. The van der Waals surface area contributed by atoms with Gasteiger partial charge in [0, 0.05) is 43.9 Å². The van der Waals surface area contributed by atoms with Gasteiger partial charge in [-0.05, 0) is 49.0 Å². The number of aromatic hydroxyl groups is 1. The van der Waals surface area contributed by atoms with E-state index in [2.05, 4.69) is 48.9 Å². The molecule has 4 aromatic rings. The number of H-pyrrole nitrogens is 1. The molecule has 36 heavy (non-hydrogen) atoms. The second-order valence-electron chi connectivity index (χ2n) is 8.81. The maximum Gasteiger partial charge on any atom is 0.229 e. The molecule has 10 heteroatoms. The van der Waals surface area contributed by atoms with Gasteiger partial charge < -0.3 is 20.2 Å². The first kappa shape index (κ1) is 23.4. The molecule has 1 fully saturated rings. The highest BCUT2D eigenvalue weighted by atomic mass is 19.1. The van der Waals surface area contributed by atoms with Crippen LogP contribution in [0.1, 0.15) is 5.56 Å². The van der Waals surface area contributed by atoms with Gasteiger partial charge in [0.2, 0.25) is 5.95 Å². The number of halogens is 1. The zero-order valence-electron chi connectivity index (χ0n) is 19.8. The molecule has 5 rings (SSSR count). The van der Waals surface area contributed by atoms with Crippen LogP contribution in [0, 0.1) is 5.82 Å². The first-order chi connectivity index (χ1) is 17.4. The number of hydrogen-bond acceptors (Lipinski definition) is 8. The first-order valence-electron chi connectivity index (χ1n) is 11.6. The van der Waals surface area contributed by atoms with Crippen LogP contribution in [0.2, 0.25) is 0 Å². The third-order valence-electron chi connectivity index (χ3n) is 6.28. The molecular formula is C26H26FN7O2. The minimum atomic E-state index is -0.473. The van der Waals surface area contributed by atoms with Crippen LogP contribution in [0.5, 0.6) is 5.75 Å². The number of likely N-dealkylation sites (N-methyl/N-ethyl adjacent to an activating group) is 1. The summed E-state index contributed by atoms with van der Waals surface area (Å²) in [5.41, 5.74) is 3.08. The van der Waals surface area contributed by atoms with Crippen LogP contribution in [0.15, 0.2) is 55.3 Å². The van der Waals surface area contributed by atoms with Gasteiger partial charge in [-0.3, -0.25) is 9.89 Å². The lowest BCUT2D eigenvalue weighted by Crippen LogP contribution is -2.44. The Labute approximate surface area is 207 Å². The van der Waals surface area contributed by atoms with Gasteiger partial charge in [0.25, 0.3) is 0 Å². The van der Waals surface area contributed by atoms with E-state index in [1.807, 2.05) is 6.07 Å². The quantitative estimate of drug-likeness (QED) is 0.268. The summed E-state index contributed by atoms with van der Waals surface area (Å²) < 4.78 is 14.9. The Morgan fingerprint density at radius 3 is 2.78 bits per heavy atom. The molecule has 0 atom stereocenters. The first-order valence-corrected chi connectivity index (χ1v) is 11.6. The molecule has 3 N–H and O–H groups in total. The van der Waals surface area contributed by atoms with Gasteiger partial charge in [-0.25, -0.2) is 9.37 Å². The van der Waals surface area contributed by atoms with Crippen LogP contribution in [0.3, 0.4) is 0 Å². The lowest BCUT2D eigenvalue weighted by molar-refractivity contribution is -0.114. The molecule has 0 spiro atoms. The highest BCUT2D eigenvalue weighted by Crippen LogP contribution is 2.33. The van der Waals surface area contributed by atoms with Crippen molar-refractivity contribution >= 4 is 34.1 Å². The fraction of sp³-hybridized carbons (Fsp3) is 0.231. The Kier molecular flexibility index (Phi) is 6.34. The highest BCUT2D eigenvalue weighted by molar-refractivity contribution is 5.93. The number of nitrogens with one attached hydrogen (secondary N) is 2. The number of aromatic amines is 1. The van der Waals surface area contributed by atoms with E-state index in [0.29, 0.717) is 28.0 Å². The number of piperazine rings is 1. The molecule has 184 valence electrons. The number of phenols is 1. The summed E-state index contributed by atoms with van der Waals surface area (Å²) >= 11 is 0. The molecule has 1 aliphatic rings. The summed E-state index contributed by atoms with van der Waals surface area (Å²) in [5.74, 6) is -0.194. The van der Waals surface area contributed by atoms with Gasteiger partial charge in [-0.15, -0.1) is 0 Å². The molecule has 0 aliphatic carbocycles. The van der Waals surface area contributed by atoms with Crippen molar-refractivity contribution < 1.29 is 14.3 Å². The maximum absolute atomic E-state index is 14.9. The largest absolute Gasteiger partial charge is 0.506 e. The normalized spacial score (nSPS) is 14.2. The molecule has 0 bridgehead atoms. The molecule has 0 radical (unpaired) electrons. The Balaban J connectivity index is 1.50. The number of phenolic OH excluding ortho intramolecular Hbond substituents is 1. The minimum Gasteiger partial charge on any atom is -0.506 e. The molecule has 3 heterocycles. The van der Waals surface area contributed by atoms with E-state index in [1.165, 1.54) is 12.1 Å². The number of ketones is 1. The van der Waals surface area contributed by atoms with Crippen molar-refractivity contribution in [3.63, 3.8) is 0 Å². The Hall–Kier alpha value is -4.31. The highest BCUT2D eigenvalue weighted by Gasteiger charge is 2.19. The molecule has 9 nitrogen and oxygen atoms in total. The second kappa shape index (κ2) is 9.74. The average Bonchev–Trinajstić information content (AvgIpc) is 3.35. The third-order valence-corrected chi connectivity index (χ3v) is 6.28. The maximum atomic E-state index is 14.9. The number of allylic oxidation sites excluding steroid dienone is 1. The lowest BCUT2D eigenvalue weighted by atomic mass is 10.0. The predicted octanol–water partition coefficient (Wildman–Crippen LogP) is 3.66. The zero-order chi connectivity index (χ0) is 25.2. The van der Waals surface area contributed by atoms with Gasteiger partial charge in [-0.1, -0.05) is 12.6 Å². The Morgan fingerprint density at radius 2 is 2.00 bits per heavy atom. The lowest BCUT2D eigenvalue weighted by Gasteiger charge is -2.34. The van der Waals surface area contributed by atoms with E-state index < -0.39 is 5.82 Å². The smallest absolute Gasteiger partial charge is 0.229 e. The van der Waals surface area contributed by atoms with Crippen LogP contribution in [0.25, 0.3) is 22.3 Å². The number of anilines is 3. The van der Waals surface area contributed by atoms with Crippen LogP contribution in [-0.2, 0) is 11.2 Å². The SMILES string of the molecule is C=CC(=O)Cc1ccc(F)c(-c2nc(Nc3ccc(O)c(N4CCN(C)CC4)c3)nc3[nH]ncc23)c1. The molecule has 2 aromatic heterocycles. The number of rotatable bonds is 7. The summed E-state index contributed by atoms with van der Waals surface area (Å²) in [7, 11) is 2.07. The fourth-order valence-corrected chi connectivity index (χ4v) is 4.26. The molecule has 0 amide bonds. The van der Waals surface area contributed by atoms with Gasteiger partial charge in [0.15, 0.2) is 11.4 Å². The fourth-order valence-electron chi connectivity index (χ4n) is 4.26. The molecule has 1 saturated heterocycles. The van der Waals surface area contributed by atoms with Crippen LogP contribution in [0.4, 0.5) is 21.7 Å². The van der Waals surface area contributed by atoms with Crippen molar-refractivity contribution in [2.45, 2.75) is 6.42 Å². The number of aromatic nitrogens is 4. The third kappa shape index (κ3) is 4.76. The number of carbonyl (C=O) groups excluding carboxylic acids is 1. The number of nitrogens with zero attached hydrogens (tertiary/aromatic N) is 5. The second-order valence-corrected chi connectivity index (χ2v) is 8.81. The topological polar surface area (TPSA) is 110 Å².